The Morgan fingerprint density at radius 2 is 2.27 bits per heavy atom. The van der Waals surface area contributed by atoms with Crippen molar-refractivity contribution in [1.82, 2.24) is 4.98 Å². The fourth-order valence-corrected chi connectivity index (χ4v) is 1.34. The maximum atomic E-state index is 5.71. The van der Waals surface area contributed by atoms with Crippen LogP contribution in [0, 0.1) is 0 Å². The van der Waals surface area contributed by atoms with Gasteiger partial charge in [-0.25, -0.2) is 0 Å². The lowest BCUT2D eigenvalue weighted by Crippen LogP contribution is -1.98. The maximum Gasteiger partial charge on any atom is 0.0548 e. The van der Waals surface area contributed by atoms with Crippen molar-refractivity contribution >= 4 is 17.3 Å². The van der Waals surface area contributed by atoms with Crippen molar-refractivity contribution < 1.29 is 0 Å². The number of nitrogens with two attached hydrogens (primary N) is 1. The number of aromatic nitrogens is 1. The smallest absolute Gasteiger partial charge is 0.0548 e. The normalized spacial score (nSPS) is 10.0. The van der Waals surface area contributed by atoms with E-state index in [-0.39, 0.29) is 0 Å². The van der Waals surface area contributed by atoms with E-state index in [1.807, 2.05) is 6.20 Å². The lowest BCUT2D eigenvalue weighted by atomic mass is 10.1. The molecular weight excluding hydrogens is 160 g/mol. The summed E-state index contributed by atoms with van der Waals surface area (Å²) in [7, 11) is 0. The van der Waals surface area contributed by atoms with Crippen molar-refractivity contribution in [2.45, 2.75) is 19.2 Å². The summed E-state index contributed by atoms with van der Waals surface area (Å²) in [5.41, 5.74) is 8.51. The molecule has 1 aromatic rings. The Hall–Kier alpha value is -0.760. The van der Waals surface area contributed by atoms with Crippen molar-refractivity contribution in [2.75, 3.05) is 5.73 Å². The molecule has 0 fully saturated rings. The van der Waals surface area contributed by atoms with Gasteiger partial charge in [-0.05, 0) is 17.5 Å². The summed E-state index contributed by atoms with van der Waals surface area (Å²) in [5.74, 6) is 0.470. The minimum atomic E-state index is 0.470. The van der Waals surface area contributed by atoms with E-state index in [0.29, 0.717) is 11.6 Å². The van der Waals surface area contributed by atoms with E-state index in [1.165, 1.54) is 0 Å². The van der Waals surface area contributed by atoms with Gasteiger partial charge in [0.15, 0.2) is 0 Å². The summed E-state index contributed by atoms with van der Waals surface area (Å²) in [4.78, 5) is 3.98. The SMILES string of the molecule is CCc1cncc(N)c1CCl. The monoisotopic (exact) mass is 170 g/mol. The molecule has 0 unspecified atom stereocenters. The van der Waals surface area contributed by atoms with Crippen molar-refractivity contribution in [3.63, 3.8) is 0 Å². The maximum absolute atomic E-state index is 5.71. The zero-order valence-corrected chi connectivity index (χ0v) is 7.23. The van der Waals surface area contributed by atoms with Crippen LogP contribution >= 0.6 is 11.6 Å². The average molecular weight is 171 g/mol. The van der Waals surface area contributed by atoms with E-state index in [1.54, 1.807) is 6.20 Å². The molecule has 0 aliphatic heterocycles. The zero-order valence-electron chi connectivity index (χ0n) is 6.47. The number of rotatable bonds is 2. The fraction of sp³-hybridized carbons (Fsp3) is 0.375. The summed E-state index contributed by atoms with van der Waals surface area (Å²) in [5, 5.41) is 0. The molecule has 2 nitrogen and oxygen atoms in total. The van der Waals surface area contributed by atoms with Crippen molar-refractivity contribution in [3.05, 3.63) is 23.5 Å². The number of nitrogens with zero attached hydrogens (tertiary/aromatic N) is 1. The number of hydrogen-bond donors (Lipinski definition) is 1. The minimum Gasteiger partial charge on any atom is -0.397 e. The number of halogens is 1. The first-order chi connectivity index (χ1) is 5.29. The van der Waals surface area contributed by atoms with Crippen LogP contribution in [0.15, 0.2) is 12.4 Å². The molecule has 1 heterocycles. The van der Waals surface area contributed by atoms with Gasteiger partial charge in [-0.15, -0.1) is 11.6 Å². The second-order valence-electron chi connectivity index (χ2n) is 2.35. The van der Waals surface area contributed by atoms with Gasteiger partial charge in [-0.1, -0.05) is 6.92 Å². The third-order valence-corrected chi connectivity index (χ3v) is 1.96. The van der Waals surface area contributed by atoms with Crippen LogP contribution < -0.4 is 5.73 Å². The summed E-state index contributed by atoms with van der Waals surface area (Å²) >= 11 is 5.71. The van der Waals surface area contributed by atoms with Crippen LogP contribution in [0.3, 0.4) is 0 Å². The van der Waals surface area contributed by atoms with Gasteiger partial charge in [0.2, 0.25) is 0 Å². The molecule has 1 rings (SSSR count). The van der Waals surface area contributed by atoms with Gasteiger partial charge in [-0.2, -0.15) is 0 Å². The average Bonchev–Trinajstić information content (AvgIpc) is 2.04. The lowest BCUT2D eigenvalue weighted by molar-refractivity contribution is 1.07. The predicted molar refractivity (Wildman–Crippen MR) is 47.6 cm³/mol. The Labute approximate surface area is 71.4 Å². The van der Waals surface area contributed by atoms with Crippen LogP contribution in [0.2, 0.25) is 0 Å². The Balaban J connectivity index is 3.13. The Morgan fingerprint density at radius 3 is 2.73 bits per heavy atom. The third kappa shape index (κ3) is 1.63. The largest absolute Gasteiger partial charge is 0.397 e. The highest BCUT2D eigenvalue weighted by molar-refractivity contribution is 6.17. The van der Waals surface area contributed by atoms with Crippen LogP contribution in [-0.4, -0.2) is 4.98 Å². The Bertz CT molecular complexity index is 248. The van der Waals surface area contributed by atoms with Crippen LogP contribution in [0.1, 0.15) is 18.1 Å². The minimum absolute atomic E-state index is 0.470. The third-order valence-electron chi connectivity index (χ3n) is 1.69. The zero-order chi connectivity index (χ0) is 8.27. The number of aryl methyl sites for hydroxylation is 1. The molecule has 3 heteroatoms. The number of pyridine rings is 1. The summed E-state index contributed by atoms with van der Waals surface area (Å²) in [6.45, 7) is 2.06. The lowest BCUT2D eigenvalue weighted by Gasteiger charge is -2.05. The number of hydrogen-bond acceptors (Lipinski definition) is 2. The van der Waals surface area contributed by atoms with Crippen molar-refractivity contribution in [3.8, 4) is 0 Å². The molecule has 1 aromatic heterocycles. The molecule has 0 bridgehead atoms. The first kappa shape index (κ1) is 8.34. The quantitative estimate of drug-likeness (QED) is 0.690. The summed E-state index contributed by atoms with van der Waals surface area (Å²) in [6, 6.07) is 0. The highest BCUT2D eigenvalue weighted by atomic mass is 35.5. The highest BCUT2D eigenvalue weighted by Crippen LogP contribution is 2.17. The van der Waals surface area contributed by atoms with Crippen LogP contribution in [-0.2, 0) is 12.3 Å². The second kappa shape index (κ2) is 3.58. The fourth-order valence-electron chi connectivity index (χ4n) is 1.02. The van der Waals surface area contributed by atoms with E-state index < -0.39 is 0 Å². The molecular formula is C8H11ClN2. The van der Waals surface area contributed by atoms with Gasteiger partial charge in [0.05, 0.1) is 11.9 Å². The van der Waals surface area contributed by atoms with E-state index in [4.69, 9.17) is 17.3 Å². The van der Waals surface area contributed by atoms with Gasteiger partial charge in [-0.3, -0.25) is 4.98 Å². The highest BCUT2D eigenvalue weighted by Gasteiger charge is 2.02. The van der Waals surface area contributed by atoms with Crippen LogP contribution in [0.4, 0.5) is 5.69 Å². The van der Waals surface area contributed by atoms with Gasteiger partial charge in [0.1, 0.15) is 0 Å². The van der Waals surface area contributed by atoms with E-state index in [2.05, 4.69) is 11.9 Å². The van der Waals surface area contributed by atoms with Crippen LogP contribution in [0.25, 0.3) is 0 Å². The van der Waals surface area contributed by atoms with Gasteiger partial charge in [0.25, 0.3) is 0 Å². The number of alkyl halides is 1. The van der Waals surface area contributed by atoms with E-state index >= 15 is 0 Å². The van der Waals surface area contributed by atoms with Gasteiger partial charge < -0.3 is 5.73 Å². The molecule has 0 aromatic carbocycles. The molecule has 0 atom stereocenters. The predicted octanol–water partition coefficient (Wildman–Crippen LogP) is 1.96. The molecule has 0 radical (unpaired) electrons. The topological polar surface area (TPSA) is 38.9 Å². The first-order valence-electron chi connectivity index (χ1n) is 3.56. The molecule has 0 aliphatic rings. The number of nitrogen functional groups attached to an aromatic ring is 1. The van der Waals surface area contributed by atoms with Gasteiger partial charge in [0, 0.05) is 12.1 Å². The molecule has 0 saturated heterocycles. The number of anilines is 1. The Morgan fingerprint density at radius 1 is 1.55 bits per heavy atom. The van der Waals surface area contributed by atoms with Crippen molar-refractivity contribution in [2.24, 2.45) is 0 Å². The standard InChI is InChI=1S/C8H11ClN2/c1-2-6-4-11-5-8(10)7(6)3-9/h4-5H,2-3,10H2,1H3. The van der Waals surface area contributed by atoms with Crippen molar-refractivity contribution in [1.29, 1.82) is 0 Å². The summed E-state index contributed by atoms with van der Waals surface area (Å²) < 4.78 is 0. The molecule has 60 valence electrons. The van der Waals surface area contributed by atoms with Gasteiger partial charge >= 0.3 is 0 Å². The molecule has 2 N–H and O–H groups in total. The molecule has 11 heavy (non-hydrogen) atoms. The van der Waals surface area contributed by atoms with Crippen LogP contribution in [0.5, 0.6) is 0 Å². The Kier molecular flexibility index (Phi) is 2.71. The molecule has 0 amide bonds. The molecule has 0 spiro atoms. The molecule has 0 aliphatic carbocycles. The van der Waals surface area contributed by atoms with E-state index in [9.17, 15) is 0 Å². The van der Waals surface area contributed by atoms with E-state index in [0.717, 1.165) is 17.5 Å². The molecule has 0 saturated carbocycles. The summed E-state index contributed by atoms with van der Waals surface area (Å²) in [6.07, 6.45) is 4.38. The first-order valence-corrected chi connectivity index (χ1v) is 4.10. The second-order valence-corrected chi connectivity index (χ2v) is 2.62.